The Morgan fingerprint density at radius 3 is 2.65 bits per heavy atom. The Kier molecular flexibility index (Phi) is 4.35. The van der Waals surface area contributed by atoms with Crippen LogP contribution in [-0.2, 0) is 10.0 Å². The van der Waals surface area contributed by atoms with E-state index in [1.807, 2.05) is 4.72 Å². The second-order valence-electron chi connectivity index (χ2n) is 3.15. The third kappa shape index (κ3) is 3.60. The minimum atomic E-state index is -3.94. The summed E-state index contributed by atoms with van der Waals surface area (Å²) in [6.45, 7) is 2.01. The van der Waals surface area contributed by atoms with Crippen molar-refractivity contribution in [2.24, 2.45) is 0 Å². The van der Waals surface area contributed by atoms with Gasteiger partial charge in [0, 0.05) is 11.0 Å². The SMILES string of the molecule is CCNC(=O)NS(=O)(=O)c1ccc(Br)cc1N. The molecule has 4 N–H and O–H groups in total. The van der Waals surface area contributed by atoms with Gasteiger partial charge in [0.25, 0.3) is 10.0 Å². The Bertz CT molecular complexity index is 530. The van der Waals surface area contributed by atoms with Crippen molar-refractivity contribution in [3.05, 3.63) is 22.7 Å². The molecule has 0 fully saturated rings. The van der Waals surface area contributed by atoms with Crippen LogP contribution in [0.15, 0.2) is 27.6 Å². The highest BCUT2D eigenvalue weighted by atomic mass is 79.9. The second kappa shape index (κ2) is 5.37. The van der Waals surface area contributed by atoms with Crippen LogP contribution in [0, 0.1) is 0 Å². The molecule has 0 spiro atoms. The van der Waals surface area contributed by atoms with Gasteiger partial charge in [0.2, 0.25) is 0 Å². The molecule has 0 unspecified atom stereocenters. The normalized spacial score (nSPS) is 10.9. The Labute approximate surface area is 108 Å². The number of halogens is 1. The van der Waals surface area contributed by atoms with Crippen molar-refractivity contribution in [1.29, 1.82) is 0 Å². The summed E-state index contributed by atoms with van der Waals surface area (Å²) < 4.78 is 26.1. The van der Waals surface area contributed by atoms with E-state index < -0.39 is 16.1 Å². The maximum atomic E-state index is 11.8. The predicted molar refractivity (Wildman–Crippen MR) is 67.9 cm³/mol. The summed E-state index contributed by atoms with van der Waals surface area (Å²) in [6.07, 6.45) is 0. The van der Waals surface area contributed by atoms with E-state index >= 15 is 0 Å². The van der Waals surface area contributed by atoms with Crippen LogP contribution in [0.2, 0.25) is 0 Å². The summed E-state index contributed by atoms with van der Waals surface area (Å²) in [5, 5.41) is 2.32. The average Bonchev–Trinajstić information content (AvgIpc) is 2.15. The van der Waals surface area contributed by atoms with E-state index in [9.17, 15) is 13.2 Å². The molecule has 8 heteroatoms. The number of hydrogen-bond donors (Lipinski definition) is 3. The van der Waals surface area contributed by atoms with Crippen molar-refractivity contribution in [3.63, 3.8) is 0 Å². The standard InChI is InChI=1S/C9H12BrN3O3S/c1-2-12-9(14)13-17(15,16)8-4-3-6(10)5-7(8)11/h3-5H,2,11H2,1H3,(H2,12,13,14). The van der Waals surface area contributed by atoms with Crippen molar-refractivity contribution in [2.75, 3.05) is 12.3 Å². The molecule has 0 atom stereocenters. The lowest BCUT2D eigenvalue weighted by Gasteiger charge is -2.09. The van der Waals surface area contributed by atoms with Gasteiger partial charge in [0.05, 0.1) is 5.69 Å². The number of hydrogen-bond acceptors (Lipinski definition) is 4. The molecule has 1 rings (SSSR count). The fraction of sp³-hybridized carbons (Fsp3) is 0.222. The maximum absolute atomic E-state index is 11.8. The molecule has 0 aliphatic heterocycles. The molecule has 17 heavy (non-hydrogen) atoms. The highest BCUT2D eigenvalue weighted by Gasteiger charge is 2.19. The van der Waals surface area contributed by atoms with Crippen LogP contribution in [0.4, 0.5) is 10.5 Å². The zero-order chi connectivity index (χ0) is 13.1. The summed E-state index contributed by atoms with van der Waals surface area (Å²) in [5.41, 5.74) is 5.64. The summed E-state index contributed by atoms with van der Waals surface area (Å²) in [5.74, 6) is 0. The number of nitrogens with two attached hydrogens (primary N) is 1. The van der Waals surface area contributed by atoms with Crippen LogP contribution >= 0.6 is 15.9 Å². The quantitative estimate of drug-likeness (QED) is 0.724. The minimum absolute atomic E-state index is 0.0659. The van der Waals surface area contributed by atoms with Gasteiger partial charge in [-0.05, 0) is 25.1 Å². The molecule has 6 nitrogen and oxygen atoms in total. The van der Waals surface area contributed by atoms with Crippen LogP contribution in [-0.4, -0.2) is 21.0 Å². The molecular formula is C9H12BrN3O3S. The highest BCUT2D eigenvalue weighted by molar-refractivity contribution is 9.10. The van der Waals surface area contributed by atoms with Gasteiger partial charge in [-0.25, -0.2) is 17.9 Å². The van der Waals surface area contributed by atoms with Gasteiger partial charge < -0.3 is 11.1 Å². The van der Waals surface area contributed by atoms with Crippen molar-refractivity contribution >= 4 is 37.7 Å². The van der Waals surface area contributed by atoms with Gasteiger partial charge in [-0.1, -0.05) is 15.9 Å². The Morgan fingerprint density at radius 2 is 2.12 bits per heavy atom. The topological polar surface area (TPSA) is 101 Å². The molecule has 0 heterocycles. The molecule has 2 amide bonds. The van der Waals surface area contributed by atoms with E-state index in [1.165, 1.54) is 18.2 Å². The van der Waals surface area contributed by atoms with Crippen LogP contribution in [0.3, 0.4) is 0 Å². The first-order valence-corrected chi connectivity index (χ1v) is 7.00. The van der Waals surface area contributed by atoms with Gasteiger partial charge in [-0.15, -0.1) is 0 Å². The fourth-order valence-corrected chi connectivity index (χ4v) is 2.56. The van der Waals surface area contributed by atoms with E-state index in [4.69, 9.17) is 5.73 Å². The van der Waals surface area contributed by atoms with Gasteiger partial charge in [-0.2, -0.15) is 0 Å². The molecule has 0 aliphatic rings. The predicted octanol–water partition coefficient (Wildman–Crippen LogP) is 1.04. The molecular weight excluding hydrogens is 310 g/mol. The molecule has 0 aliphatic carbocycles. The van der Waals surface area contributed by atoms with E-state index in [0.717, 1.165) is 0 Å². The molecule has 94 valence electrons. The van der Waals surface area contributed by atoms with Crippen molar-refractivity contribution < 1.29 is 13.2 Å². The molecule has 0 saturated heterocycles. The summed E-state index contributed by atoms with van der Waals surface area (Å²) >= 11 is 3.16. The third-order valence-corrected chi connectivity index (χ3v) is 3.72. The first-order chi connectivity index (χ1) is 7.86. The minimum Gasteiger partial charge on any atom is -0.398 e. The largest absolute Gasteiger partial charge is 0.398 e. The second-order valence-corrected chi connectivity index (χ2v) is 5.71. The number of benzene rings is 1. The number of nitrogens with one attached hydrogen (secondary N) is 2. The summed E-state index contributed by atoms with van der Waals surface area (Å²) in [6, 6.07) is 3.52. The van der Waals surface area contributed by atoms with Gasteiger partial charge in [0.1, 0.15) is 4.90 Å². The number of carbonyl (C=O) groups is 1. The lowest BCUT2D eigenvalue weighted by molar-refractivity contribution is 0.246. The number of carbonyl (C=O) groups excluding carboxylic acids is 1. The molecule has 0 bridgehead atoms. The molecule has 0 saturated carbocycles. The van der Waals surface area contributed by atoms with E-state index in [0.29, 0.717) is 11.0 Å². The van der Waals surface area contributed by atoms with Gasteiger partial charge >= 0.3 is 6.03 Å². The number of amides is 2. The van der Waals surface area contributed by atoms with Crippen LogP contribution < -0.4 is 15.8 Å². The zero-order valence-corrected chi connectivity index (χ0v) is 11.4. The van der Waals surface area contributed by atoms with Crippen LogP contribution in [0.25, 0.3) is 0 Å². The lowest BCUT2D eigenvalue weighted by atomic mass is 10.3. The number of urea groups is 1. The first kappa shape index (κ1) is 13.8. The first-order valence-electron chi connectivity index (χ1n) is 4.72. The zero-order valence-electron chi connectivity index (χ0n) is 9.03. The lowest BCUT2D eigenvalue weighted by Crippen LogP contribution is -2.39. The molecule has 1 aromatic carbocycles. The van der Waals surface area contributed by atoms with E-state index in [2.05, 4.69) is 21.2 Å². The van der Waals surface area contributed by atoms with Gasteiger partial charge in [-0.3, -0.25) is 0 Å². The van der Waals surface area contributed by atoms with Crippen molar-refractivity contribution in [2.45, 2.75) is 11.8 Å². The molecule has 0 aromatic heterocycles. The molecule has 1 aromatic rings. The average molecular weight is 322 g/mol. The number of rotatable bonds is 3. The molecule has 0 radical (unpaired) electrons. The Hall–Kier alpha value is -1.28. The van der Waals surface area contributed by atoms with Crippen molar-refractivity contribution in [3.8, 4) is 0 Å². The summed E-state index contributed by atoms with van der Waals surface area (Å²) in [7, 11) is -3.94. The number of anilines is 1. The van der Waals surface area contributed by atoms with Crippen molar-refractivity contribution in [1.82, 2.24) is 10.0 Å². The summed E-state index contributed by atoms with van der Waals surface area (Å²) in [4.78, 5) is 11.0. The number of nitrogen functional groups attached to an aromatic ring is 1. The third-order valence-electron chi connectivity index (χ3n) is 1.83. The maximum Gasteiger partial charge on any atom is 0.328 e. The smallest absolute Gasteiger partial charge is 0.328 e. The van der Waals surface area contributed by atoms with E-state index in [-0.39, 0.29) is 10.6 Å². The van der Waals surface area contributed by atoms with Crippen LogP contribution in [0.5, 0.6) is 0 Å². The Balaban J connectivity index is 3.01. The highest BCUT2D eigenvalue weighted by Crippen LogP contribution is 2.22. The monoisotopic (exact) mass is 321 g/mol. The van der Waals surface area contributed by atoms with Gasteiger partial charge in [0.15, 0.2) is 0 Å². The number of sulfonamides is 1. The van der Waals surface area contributed by atoms with E-state index in [1.54, 1.807) is 6.92 Å². The van der Waals surface area contributed by atoms with Crippen LogP contribution in [0.1, 0.15) is 6.92 Å². The Morgan fingerprint density at radius 1 is 1.47 bits per heavy atom. The fourth-order valence-electron chi connectivity index (χ4n) is 1.14.